The van der Waals surface area contributed by atoms with Crippen LogP contribution < -0.4 is 15.0 Å². The first-order chi connectivity index (χ1) is 16.2. The molecule has 2 aromatic heterocycles. The number of carbonyl (C=O) groups excluding carboxylic acids is 1. The van der Waals surface area contributed by atoms with Gasteiger partial charge in [0.2, 0.25) is 0 Å². The van der Waals surface area contributed by atoms with Crippen molar-refractivity contribution in [3.05, 3.63) is 54.5 Å². The monoisotopic (exact) mass is 493 g/mol. The molecule has 0 bridgehead atoms. The lowest BCUT2D eigenvalue weighted by Crippen LogP contribution is -2.23. The normalized spacial score (nSPS) is 16.0. The molecule has 3 N–H and O–H groups in total. The van der Waals surface area contributed by atoms with Gasteiger partial charge in [-0.1, -0.05) is 0 Å². The first-order valence-corrected chi connectivity index (χ1v) is 10.8. The molecule has 3 aromatic rings. The first-order valence-electron chi connectivity index (χ1n) is 10.5. The number of β-amino-alcohol motifs (C(OH)–C–C–N with tert-alkyl or cyclic N) is 1. The number of aliphatic hydroxyl groups is 2. The van der Waals surface area contributed by atoms with E-state index in [9.17, 15) is 23.8 Å². The molecule has 12 heteroatoms. The predicted octanol–water partition coefficient (Wildman–Crippen LogP) is 2.93. The summed E-state index contributed by atoms with van der Waals surface area (Å²) in [6.45, 7) is 1.29. The van der Waals surface area contributed by atoms with Gasteiger partial charge in [0.1, 0.15) is 11.6 Å². The Bertz CT molecular complexity index is 1150. The van der Waals surface area contributed by atoms with Crippen molar-refractivity contribution in [3.8, 4) is 16.9 Å². The molecule has 1 aromatic carbocycles. The Morgan fingerprint density at radius 2 is 2.06 bits per heavy atom. The number of hydrogen-bond acceptors (Lipinski definition) is 7. The van der Waals surface area contributed by atoms with E-state index in [1.54, 1.807) is 23.1 Å². The van der Waals surface area contributed by atoms with Crippen LogP contribution in [-0.2, 0) is 6.54 Å². The number of pyridine rings is 1. The van der Waals surface area contributed by atoms with Gasteiger partial charge in [-0.3, -0.25) is 9.48 Å². The van der Waals surface area contributed by atoms with Crippen molar-refractivity contribution in [2.45, 2.75) is 24.6 Å². The molecule has 0 radical (unpaired) electrons. The number of alkyl halides is 3. The Labute approximate surface area is 198 Å². The summed E-state index contributed by atoms with van der Waals surface area (Å²) in [6.07, 6.45) is 4.96. The van der Waals surface area contributed by atoms with Gasteiger partial charge in [-0.25, -0.2) is 4.98 Å². The Hall–Kier alpha value is -3.28. The molecule has 0 saturated carbocycles. The van der Waals surface area contributed by atoms with E-state index >= 15 is 0 Å². The van der Waals surface area contributed by atoms with Gasteiger partial charge in [0, 0.05) is 53.9 Å². The molecule has 1 fully saturated rings. The summed E-state index contributed by atoms with van der Waals surface area (Å²) in [5.74, 6) is -0.00000190. The molecular formula is C22H22ClF2N5O4. The maximum Gasteiger partial charge on any atom is 0.487 e. The highest BCUT2D eigenvalue weighted by Crippen LogP contribution is 2.32. The van der Waals surface area contributed by atoms with Crippen LogP contribution in [0.25, 0.3) is 11.1 Å². The molecule has 9 nitrogen and oxygen atoms in total. The van der Waals surface area contributed by atoms with Crippen molar-refractivity contribution in [3.63, 3.8) is 0 Å². The van der Waals surface area contributed by atoms with Crippen LogP contribution in [0.1, 0.15) is 16.8 Å². The molecule has 0 spiro atoms. The van der Waals surface area contributed by atoms with E-state index in [0.717, 1.165) is 0 Å². The summed E-state index contributed by atoms with van der Waals surface area (Å²) < 4.78 is 31.4. The fraction of sp³-hybridized carbons (Fsp3) is 0.318. The van der Waals surface area contributed by atoms with Gasteiger partial charge in [0.05, 0.1) is 31.0 Å². The summed E-state index contributed by atoms with van der Waals surface area (Å²) in [7, 11) is 0. The zero-order chi connectivity index (χ0) is 24.3. The number of aliphatic hydroxyl groups excluding tert-OH is 2. The van der Waals surface area contributed by atoms with Crippen LogP contribution >= 0.6 is 11.6 Å². The van der Waals surface area contributed by atoms with Crippen molar-refractivity contribution in [1.82, 2.24) is 14.8 Å². The van der Waals surface area contributed by atoms with Crippen LogP contribution in [0.5, 0.6) is 5.75 Å². The number of anilines is 2. The van der Waals surface area contributed by atoms with E-state index in [1.807, 2.05) is 4.90 Å². The van der Waals surface area contributed by atoms with E-state index in [2.05, 4.69) is 20.1 Å². The van der Waals surface area contributed by atoms with Crippen LogP contribution in [0.4, 0.5) is 20.3 Å². The fourth-order valence-corrected chi connectivity index (χ4v) is 3.74. The number of nitrogens with zero attached hydrogens (tertiary/aromatic N) is 4. The van der Waals surface area contributed by atoms with Crippen LogP contribution in [0.3, 0.4) is 0 Å². The highest BCUT2D eigenvalue weighted by Gasteiger charge is 2.28. The van der Waals surface area contributed by atoms with E-state index in [1.165, 1.54) is 30.5 Å². The molecule has 1 aliphatic heterocycles. The minimum absolute atomic E-state index is 0.0701. The summed E-state index contributed by atoms with van der Waals surface area (Å²) >= 11 is 4.76. The van der Waals surface area contributed by atoms with Gasteiger partial charge < -0.3 is 25.2 Å². The molecule has 4 rings (SSSR count). The van der Waals surface area contributed by atoms with Gasteiger partial charge in [-0.05, 0) is 36.8 Å². The second kappa shape index (κ2) is 9.92. The lowest BCUT2D eigenvalue weighted by molar-refractivity contribution is -0.0964. The SMILES string of the molecule is O=C(Nc1ccc(OC(F)(F)Cl)cc1)c1cnc(N2CCC(O)C2)c(-c2cnn(CCO)c2)c1. The van der Waals surface area contributed by atoms with Gasteiger partial charge in [0.25, 0.3) is 5.91 Å². The number of rotatable bonds is 8. The van der Waals surface area contributed by atoms with Gasteiger partial charge in [0.15, 0.2) is 0 Å². The number of amides is 1. The maximum atomic E-state index is 12.9. The zero-order valence-electron chi connectivity index (χ0n) is 17.9. The van der Waals surface area contributed by atoms with Crippen molar-refractivity contribution in [1.29, 1.82) is 0 Å². The lowest BCUT2D eigenvalue weighted by Gasteiger charge is -2.20. The van der Waals surface area contributed by atoms with Crippen LogP contribution in [0, 0.1) is 0 Å². The smallest absolute Gasteiger partial charge is 0.420 e. The van der Waals surface area contributed by atoms with Crippen molar-refractivity contribution >= 4 is 29.0 Å². The molecule has 1 atom stereocenters. The number of aromatic nitrogens is 3. The third kappa shape index (κ3) is 5.79. The molecule has 0 aliphatic carbocycles. The first kappa shape index (κ1) is 23.9. The molecule has 1 amide bonds. The molecule has 1 saturated heterocycles. The molecule has 1 unspecified atom stereocenters. The van der Waals surface area contributed by atoms with E-state index in [0.29, 0.717) is 48.7 Å². The average Bonchev–Trinajstić information content (AvgIpc) is 3.43. The van der Waals surface area contributed by atoms with Crippen molar-refractivity contribution in [2.75, 3.05) is 29.9 Å². The Morgan fingerprint density at radius 3 is 2.71 bits per heavy atom. The van der Waals surface area contributed by atoms with Crippen LogP contribution in [-0.4, -0.2) is 62.3 Å². The highest BCUT2D eigenvalue weighted by molar-refractivity contribution is 6.20. The Morgan fingerprint density at radius 1 is 1.29 bits per heavy atom. The van der Waals surface area contributed by atoms with Crippen molar-refractivity contribution in [2.24, 2.45) is 0 Å². The minimum atomic E-state index is -3.83. The quantitative estimate of drug-likeness (QED) is 0.413. The second-order valence-corrected chi connectivity index (χ2v) is 8.17. The molecule has 3 heterocycles. The summed E-state index contributed by atoms with van der Waals surface area (Å²) in [5, 5.41) is 26.0. The van der Waals surface area contributed by atoms with Crippen LogP contribution in [0.15, 0.2) is 48.9 Å². The number of nitrogens with one attached hydrogen (secondary N) is 1. The van der Waals surface area contributed by atoms with E-state index in [-0.39, 0.29) is 17.9 Å². The summed E-state index contributed by atoms with van der Waals surface area (Å²) in [4.78, 5) is 19.3. The highest BCUT2D eigenvalue weighted by atomic mass is 35.5. The maximum absolute atomic E-state index is 12.9. The number of halogens is 3. The molecule has 180 valence electrons. The minimum Gasteiger partial charge on any atom is -0.420 e. The number of hydrogen-bond donors (Lipinski definition) is 3. The summed E-state index contributed by atoms with van der Waals surface area (Å²) in [5.41, 5.74) is -1.85. The largest absolute Gasteiger partial charge is 0.487 e. The average molecular weight is 494 g/mol. The van der Waals surface area contributed by atoms with Crippen molar-refractivity contribution < 1.29 is 28.5 Å². The van der Waals surface area contributed by atoms with E-state index < -0.39 is 17.6 Å². The molecule has 34 heavy (non-hydrogen) atoms. The number of carbonyl (C=O) groups is 1. The van der Waals surface area contributed by atoms with Gasteiger partial charge in [-0.2, -0.15) is 5.10 Å². The third-order valence-corrected chi connectivity index (χ3v) is 5.29. The Balaban J connectivity index is 1.58. The third-order valence-electron chi connectivity index (χ3n) is 5.21. The predicted molar refractivity (Wildman–Crippen MR) is 121 cm³/mol. The van der Waals surface area contributed by atoms with Crippen LogP contribution in [0.2, 0.25) is 0 Å². The topological polar surface area (TPSA) is 113 Å². The molecule has 1 aliphatic rings. The molecular weight excluding hydrogens is 472 g/mol. The standard InChI is InChI=1S/C22H22ClF2N5O4/c23-22(24,25)34-18-3-1-16(2-4-18)28-21(33)14-9-19(15-11-27-30(12-15)7-8-31)20(26-10-14)29-6-5-17(32)13-29/h1-4,9-12,17,31-32H,5-8,13H2,(H,28,33). The fourth-order valence-electron chi connectivity index (χ4n) is 3.65. The summed E-state index contributed by atoms with van der Waals surface area (Å²) in [6, 6.07) is 7.00. The van der Waals surface area contributed by atoms with Gasteiger partial charge >= 0.3 is 5.57 Å². The number of ether oxygens (including phenoxy) is 1. The second-order valence-electron chi connectivity index (χ2n) is 7.73. The zero-order valence-corrected chi connectivity index (χ0v) is 18.6. The Kier molecular flexibility index (Phi) is 6.96. The lowest BCUT2D eigenvalue weighted by atomic mass is 10.1. The number of benzene rings is 1. The van der Waals surface area contributed by atoms with Gasteiger partial charge in [-0.15, -0.1) is 8.78 Å². The van der Waals surface area contributed by atoms with E-state index in [4.69, 9.17) is 11.6 Å².